The van der Waals surface area contributed by atoms with Crippen molar-refractivity contribution in [3.05, 3.63) is 15.0 Å². The summed E-state index contributed by atoms with van der Waals surface area (Å²) in [5.41, 5.74) is 1.33. The summed E-state index contributed by atoms with van der Waals surface area (Å²) in [6.07, 6.45) is 0. The molecule has 0 unspecified atom stereocenters. The van der Waals surface area contributed by atoms with Gasteiger partial charge in [-0.2, -0.15) is 0 Å². The van der Waals surface area contributed by atoms with Crippen molar-refractivity contribution in [1.82, 2.24) is 4.57 Å². The third-order valence-corrected chi connectivity index (χ3v) is 2.93. The molecule has 0 spiro atoms. The molecule has 0 aliphatic rings. The molecule has 0 aliphatic heterocycles. The highest BCUT2D eigenvalue weighted by molar-refractivity contribution is 7.73. The zero-order valence-corrected chi connectivity index (χ0v) is 8.05. The highest BCUT2D eigenvalue weighted by Gasteiger charge is 2.03. The summed E-state index contributed by atoms with van der Waals surface area (Å²) in [6, 6.07) is 0. The fourth-order valence-corrected chi connectivity index (χ4v) is 2.06. The molecule has 1 heterocycles. The molecular weight excluding hydrogens is 162 g/mol. The van der Waals surface area contributed by atoms with E-state index in [2.05, 4.69) is 23.8 Å². The lowest BCUT2D eigenvalue weighted by Crippen LogP contribution is -1.97. The van der Waals surface area contributed by atoms with Gasteiger partial charge in [0.05, 0.1) is 0 Å². The summed E-state index contributed by atoms with van der Waals surface area (Å²) in [4.78, 5) is 0. The van der Waals surface area contributed by atoms with Gasteiger partial charge in [0.1, 0.15) is 0 Å². The molecule has 1 nitrogen and oxygen atoms in total. The topological polar surface area (TPSA) is 4.93 Å². The molecule has 56 valence electrons. The van der Waals surface area contributed by atoms with Gasteiger partial charge in [0.25, 0.3) is 0 Å². The number of aromatic nitrogens is 1. The van der Waals surface area contributed by atoms with Gasteiger partial charge in [0.15, 0.2) is 3.95 Å². The fourth-order valence-electron chi connectivity index (χ4n) is 0.898. The first kappa shape index (κ1) is 7.95. The van der Waals surface area contributed by atoms with E-state index in [0.29, 0.717) is 5.92 Å². The van der Waals surface area contributed by atoms with Gasteiger partial charge in [-0.1, -0.05) is 13.8 Å². The lowest BCUT2D eigenvalue weighted by atomic mass is 10.2. The van der Waals surface area contributed by atoms with Crippen LogP contribution in [0.15, 0.2) is 5.38 Å². The van der Waals surface area contributed by atoms with Crippen molar-refractivity contribution >= 4 is 23.6 Å². The molecule has 0 bridgehead atoms. The molecule has 0 saturated heterocycles. The first-order valence-electron chi connectivity index (χ1n) is 3.27. The SMILES string of the molecule is CC(C)c1csc(=S)n1C. The molecule has 1 rings (SSSR count). The first-order valence-corrected chi connectivity index (χ1v) is 4.56. The van der Waals surface area contributed by atoms with Crippen LogP contribution >= 0.6 is 23.6 Å². The molecule has 0 fully saturated rings. The molecule has 10 heavy (non-hydrogen) atoms. The molecule has 0 amide bonds. The summed E-state index contributed by atoms with van der Waals surface area (Å²) >= 11 is 6.71. The second-order valence-electron chi connectivity index (χ2n) is 2.64. The lowest BCUT2D eigenvalue weighted by molar-refractivity contribution is 0.736. The third kappa shape index (κ3) is 1.30. The van der Waals surface area contributed by atoms with Crippen molar-refractivity contribution in [3.8, 4) is 0 Å². The first-order chi connectivity index (χ1) is 4.63. The predicted octanol–water partition coefficient (Wildman–Crippen LogP) is 2.94. The summed E-state index contributed by atoms with van der Waals surface area (Å²) in [7, 11) is 2.02. The predicted molar refractivity (Wildman–Crippen MR) is 48.2 cm³/mol. The van der Waals surface area contributed by atoms with E-state index in [1.165, 1.54) is 5.69 Å². The molecule has 0 aromatic carbocycles. The summed E-state index contributed by atoms with van der Waals surface area (Å²) < 4.78 is 3.04. The van der Waals surface area contributed by atoms with Crippen molar-refractivity contribution in [2.24, 2.45) is 7.05 Å². The van der Waals surface area contributed by atoms with Crippen LogP contribution in [0.1, 0.15) is 25.5 Å². The highest BCUT2D eigenvalue weighted by Crippen LogP contribution is 2.17. The number of thiazole rings is 1. The molecule has 0 saturated carbocycles. The van der Waals surface area contributed by atoms with Crippen molar-refractivity contribution in [2.45, 2.75) is 19.8 Å². The Balaban J connectivity index is 3.18. The standard InChI is InChI=1S/C7H11NS2/c1-5(2)6-4-10-7(9)8(6)3/h4-5H,1-3H3. The Morgan fingerprint density at radius 1 is 1.60 bits per heavy atom. The highest BCUT2D eigenvalue weighted by atomic mass is 32.1. The van der Waals surface area contributed by atoms with Gasteiger partial charge in [-0.3, -0.25) is 0 Å². The van der Waals surface area contributed by atoms with Crippen LogP contribution in [0.3, 0.4) is 0 Å². The van der Waals surface area contributed by atoms with Crippen LogP contribution in [0.25, 0.3) is 0 Å². The molecule has 0 aliphatic carbocycles. The second-order valence-corrected chi connectivity index (χ2v) is 4.14. The average molecular weight is 173 g/mol. The maximum atomic E-state index is 5.07. The number of nitrogens with zero attached hydrogens (tertiary/aromatic N) is 1. The number of hydrogen-bond donors (Lipinski definition) is 0. The van der Waals surface area contributed by atoms with Crippen LogP contribution < -0.4 is 0 Å². The van der Waals surface area contributed by atoms with Crippen molar-refractivity contribution in [2.75, 3.05) is 0 Å². The van der Waals surface area contributed by atoms with E-state index in [1.807, 2.05) is 7.05 Å². The van der Waals surface area contributed by atoms with Crippen LogP contribution in [0.2, 0.25) is 0 Å². The molecule has 0 radical (unpaired) electrons. The monoisotopic (exact) mass is 173 g/mol. The van der Waals surface area contributed by atoms with Gasteiger partial charge >= 0.3 is 0 Å². The van der Waals surface area contributed by atoms with Gasteiger partial charge in [-0.25, -0.2) is 0 Å². The zero-order valence-electron chi connectivity index (χ0n) is 6.42. The van der Waals surface area contributed by atoms with Gasteiger partial charge in [0, 0.05) is 18.1 Å². The van der Waals surface area contributed by atoms with Crippen molar-refractivity contribution in [3.63, 3.8) is 0 Å². The normalized spacial score (nSPS) is 10.8. The number of rotatable bonds is 1. The van der Waals surface area contributed by atoms with Crippen molar-refractivity contribution in [1.29, 1.82) is 0 Å². The van der Waals surface area contributed by atoms with Crippen LogP contribution in [0.4, 0.5) is 0 Å². The third-order valence-electron chi connectivity index (χ3n) is 1.53. The van der Waals surface area contributed by atoms with E-state index in [9.17, 15) is 0 Å². The van der Waals surface area contributed by atoms with Crippen LogP contribution in [-0.2, 0) is 7.05 Å². The van der Waals surface area contributed by atoms with Gasteiger partial charge in [-0.15, -0.1) is 11.3 Å². The Kier molecular flexibility index (Phi) is 2.26. The Morgan fingerprint density at radius 2 is 2.20 bits per heavy atom. The molecule has 1 aromatic rings. The van der Waals surface area contributed by atoms with Crippen LogP contribution in [0, 0.1) is 3.95 Å². The van der Waals surface area contributed by atoms with E-state index >= 15 is 0 Å². The maximum Gasteiger partial charge on any atom is 0.160 e. The van der Waals surface area contributed by atoms with Crippen molar-refractivity contribution < 1.29 is 0 Å². The number of hydrogen-bond acceptors (Lipinski definition) is 2. The Hall–Kier alpha value is -0.150. The van der Waals surface area contributed by atoms with E-state index < -0.39 is 0 Å². The quantitative estimate of drug-likeness (QED) is 0.591. The smallest absolute Gasteiger partial charge is 0.160 e. The average Bonchev–Trinajstić information content (AvgIpc) is 2.14. The Labute approximate surface area is 70.3 Å². The minimum absolute atomic E-state index is 0.581. The Bertz CT molecular complexity index is 269. The Morgan fingerprint density at radius 3 is 2.40 bits per heavy atom. The minimum atomic E-state index is 0.581. The van der Waals surface area contributed by atoms with E-state index in [0.717, 1.165) is 3.95 Å². The fraction of sp³-hybridized carbons (Fsp3) is 0.571. The summed E-state index contributed by atoms with van der Waals surface area (Å²) in [6.45, 7) is 4.35. The summed E-state index contributed by atoms with van der Waals surface area (Å²) in [5, 5.41) is 2.13. The molecule has 0 N–H and O–H groups in total. The molecule has 1 aromatic heterocycles. The van der Waals surface area contributed by atoms with E-state index in [1.54, 1.807) is 11.3 Å². The van der Waals surface area contributed by atoms with Gasteiger partial charge in [0.2, 0.25) is 0 Å². The van der Waals surface area contributed by atoms with Gasteiger partial charge < -0.3 is 4.57 Å². The minimum Gasteiger partial charge on any atom is -0.330 e. The van der Waals surface area contributed by atoms with Gasteiger partial charge in [-0.05, 0) is 18.1 Å². The second kappa shape index (κ2) is 2.84. The lowest BCUT2D eigenvalue weighted by Gasteiger charge is -2.03. The molecular formula is C7H11NS2. The zero-order chi connectivity index (χ0) is 7.72. The summed E-state index contributed by atoms with van der Waals surface area (Å²) in [5.74, 6) is 0.581. The molecule has 3 heteroatoms. The largest absolute Gasteiger partial charge is 0.330 e. The van der Waals surface area contributed by atoms with E-state index in [4.69, 9.17) is 12.2 Å². The maximum absolute atomic E-state index is 5.07. The molecule has 0 atom stereocenters. The van der Waals surface area contributed by atoms with E-state index in [-0.39, 0.29) is 0 Å². The van der Waals surface area contributed by atoms with Crippen LogP contribution in [-0.4, -0.2) is 4.57 Å². The van der Waals surface area contributed by atoms with Crippen LogP contribution in [0.5, 0.6) is 0 Å².